The van der Waals surface area contributed by atoms with E-state index in [0.29, 0.717) is 18.7 Å². The Hall–Kier alpha value is -3.00. The summed E-state index contributed by atoms with van der Waals surface area (Å²) >= 11 is 0. The van der Waals surface area contributed by atoms with Crippen molar-refractivity contribution in [1.82, 2.24) is 19.8 Å². The van der Waals surface area contributed by atoms with Crippen LogP contribution in [0.3, 0.4) is 0 Å². The molecule has 1 saturated carbocycles. The number of aromatic nitrogens is 2. The van der Waals surface area contributed by atoms with Gasteiger partial charge < -0.3 is 19.6 Å². The molecule has 0 spiro atoms. The number of amides is 2. The smallest absolute Gasteiger partial charge is 0.259 e. The van der Waals surface area contributed by atoms with Crippen molar-refractivity contribution < 1.29 is 19.4 Å². The van der Waals surface area contributed by atoms with Crippen LogP contribution in [0.15, 0.2) is 36.8 Å². The summed E-state index contributed by atoms with van der Waals surface area (Å²) in [6.07, 6.45) is 6.64. The van der Waals surface area contributed by atoms with E-state index >= 15 is 0 Å². The molecule has 1 aliphatic heterocycles. The van der Waals surface area contributed by atoms with Gasteiger partial charge in [-0.1, -0.05) is 13.0 Å². The normalized spacial score (nSPS) is 21.8. The lowest BCUT2D eigenvalue weighted by atomic mass is 9.99. The first-order valence-electron chi connectivity index (χ1n) is 11.1. The minimum absolute atomic E-state index is 0.0599. The summed E-state index contributed by atoms with van der Waals surface area (Å²) in [7, 11) is 1.80. The van der Waals surface area contributed by atoms with Crippen LogP contribution in [0.2, 0.25) is 0 Å². The van der Waals surface area contributed by atoms with Gasteiger partial charge in [0.1, 0.15) is 11.7 Å². The van der Waals surface area contributed by atoms with Gasteiger partial charge >= 0.3 is 0 Å². The largest absolute Gasteiger partial charge is 0.472 e. The molecule has 0 bridgehead atoms. The number of aliphatic hydroxyl groups excluding tert-OH is 1. The zero-order chi connectivity index (χ0) is 22.8. The van der Waals surface area contributed by atoms with Crippen molar-refractivity contribution in [2.45, 2.75) is 38.8 Å². The van der Waals surface area contributed by atoms with Gasteiger partial charge in [0.05, 0.1) is 19.2 Å². The minimum Gasteiger partial charge on any atom is -0.472 e. The topological polar surface area (TPSA) is 95.9 Å². The number of carbonyl (C=O) groups excluding carboxylic acids is 2. The van der Waals surface area contributed by atoms with Crippen LogP contribution in [0.25, 0.3) is 11.1 Å². The Kier molecular flexibility index (Phi) is 6.41. The molecule has 0 unspecified atom stereocenters. The zero-order valence-electron chi connectivity index (χ0n) is 18.8. The summed E-state index contributed by atoms with van der Waals surface area (Å²) in [5.41, 5.74) is 1.95. The number of likely N-dealkylation sites (N-methyl/N-ethyl adjacent to an activating group) is 1. The number of fused-ring (bicyclic) bond motifs is 1. The van der Waals surface area contributed by atoms with Crippen molar-refractivity contribution in [2.24, 2.45) is 11.8 Å². The van der Waals surface area contributed by atoms with Gasteiger partial charge in [-0.2, -0.15) is 0 Å². The molecule has 8 heteroatoms. The summed E-state index contributed by atoms with van der Waals surface area (Å²) in [6, 6.07) is 5.14. The highest BCUT2D eigenvalue weighted by Gasteiger charge is 2.37. The zero-order valence-corrected chi connectivity index (χ0v) is 18.8. The lowest BCUT2D eigenvalue weighted by Gasteiger charge is -2.37. The molecule has 2 aliphatic rings. The fourth-order valence-corrected chi connectivity index (χ4v) is 4.01. The molecule has 1 fully saturated rings. The van der Waals surface area contributed by atoms with Crippen molar-refractivity contribution in [2.75, 3.05) is 26.7 Å². The van der Waals surface area contributed by atoms with Gasteiger partial charge in [0, 0.05) is 55.1 Å². The van der Waals surface area contributed by atoms with Crippen LogP contribution in [0.4, 0.5) is 0 Å². The molecule has 170 valence electrons. The fourth-order valence-electron chi connectivity index (χ4n) is 4.01. The first-order chi connectivity index (χ1) is 15.4. The van der Waals surface area contributed by atoms with E-state index in [4.69, 9.17) is 4.74 Å². The quantitative estimate of drug-likeness (QED) is 0.743. The van der Waals surface area contributed by atoms with E-state index in [9.17, 15) is 14.7 Å². The van der Waals surface area contributed by atoms with Gasteiger partial charge in [-0.3, -0.25) is 14.6 Å². The van der Waals surface area contributed by atoms with Gasteiger partial charge in [-0.25, -0.2) is 4.98 Å². The Morgan fingerprint density at radius 2 is 2.12 bits per heavy atom. The molecule has 3 heterocycles. The monoisotopic (exact) mass is 438 g/mol. The first kappa shape index (κ1) is 22.2. The maximum absolute atomic E-state index is 13.5. The van der Waals surface area contributed by atoms with Gasteiger partial charge in [-0.05, 0) is 31.9 Å². The van der Waals surface area contributed by atoms with Gasteiger partial charge in [0.2, 0.25) is 11.8 Å². The Labute approximate surface area is 188 Å². The Balaban J connectivity index is 1.69. The Morgan fingerprint density at radius 3 is 2.78 bits per heavy atom. The SMILES string of the molecule is C[C@@H]1CN([C@@H](C)CO)C(=O)c2cc(-c3cccnc3)cnc2O[C@@H]1CN(C)C(=O)C1CC1. The molecule has 0 aromatic carbocycles. The van der Waals surface area contributed by atoms with Gasteiger partial charge in [0.15, 0.2) is 0 Å². The molecule has 3 atom stereocenters. The van der Waals surface area contributed by atoms with E-state index in [0.717, 1.165) is 24.0 Å². The second-order valence-corrected chi connectivity index (χ2v) is 8.93. The molecule has 2 aromatic rings. The summed E-state index contributed by atoms with van der Waals surface area (Å²) in [4.78, 5) is 38.0. The predicted octanol–water partition coefficient (Wildman–Crippen LogP) is 2.23. The minimum atomic E-state index is -0.357. The lowest BCUT2D eigenvalue weighted by molar-refractivity contribution is -0.132. The number of rotatable bonds is 6. The third kappa shape index (κ3) is 4.60. The molecule has 0 radical (unpaired) electrons. The van der Waals surface area contributed by atoms with Crippen LogP contribution in [-0.2, 0) is 4.79 Å². The van der Waals surface area contributed by atoms with E-state index < -0.39 is 0 Å². The van der Waals surface area contributed by atoms with Crippen LogP contribution >= 0.6 is 0 Å². The van der Waals surface area contributed by atoms with Gasteiger partial charge in [-0.15, -0.1) is 0 Å². The molecule has 1 aliphatic carbocycles. The number of carbonyl (C=O) groups is 2. The number of nitrogens with zero attached hydrogens (tertiary/aromatic N) is 4. The van der Waals surface area contributed by atoms with Crippen molar-refractivity contribution in [3.05, 3.63) is 42.4 Å². The van der Waals surface area contributed by atoms with Crippen molar-refractivity contribution in [3.63, 3.8) is 0 Å². The molecule has 32 heavy (non-hydrogen) atoms. The number of aliphatic hydroxyl groups is 1. The number of hydrogen-bond acceptors (Lipinski definition) is 6. The van der Waals surface area contributed by atoms with E-state index in [1.165, 1.54) is 0 Å². The summed E-state index contributed by atoms with van der Waals surface area (Å²) < 4.78 is 6.26. The molecule has 4 rings (SSSR count). The van der Waals surface area contributed by atoms with Crippen LogP contribution in [0.5, 0.6) is 5.88 Å². The van der Waals surface area contributed by atoms with E-state index in [1.54, 1.807) is 41.5 Å². The summed E-state index contributed by atoms with van der Waals surface area (Å²) in [5, 5.41) is 9.78. The highest BCUT2D eigenvalue weighted by atomic mass is 16.5. The Bertz CT molecular complexity index is 979. The summed E-state index contributed by atoms with van der Waals surface area (Å²) in [5.74, 6) is 0.230. The van der Waals surface area contributed by atoms with E-state index in [2.05, 4.69) is 9.97 Å². The second-order valence-electron chi connectivity index (χ2n) is 8.93. The van der Waals surface area contributed by atoms with E-state index in [1.807, 2.05) is 26.0 Å². The Morgan fingerprint density at radius 1 is 1.34 bits per heavy atom. The molecule has 2 aromatic heterocycles. The highest BCUT2D eigenvalue weighted by Crippen LogP contribution is 2.32. The fraction of sp³-hybridized carbons (Fsp3) is 0.500. The van der Waals surface area contributed by atoms with Crippen LogP contribution in [0, 0.1) is 11.8 Å². The van der Waals surface area contributed by atoms with E-state index in [-0.39, 0.29) is 48.3 Å². The average molecular weight is 439 g/mol. The third-order valence-electron chi connectivity index (χ3n) is 6.27. The molecule has 2 amide bonds. The third-order valence-corrected chi connectivity index (χ3v) is 6.27. The lowest BCUT2D eigenvalue weighted by Crippen LogP contribution is -2.50. The molecule has 8 nitrogen and oxygen atoms in total. The van der Waals surface area contributed by atoms with Crippen molar-refractivity contribution in [3.8, 4) is 17.0 Å². The number of ether oxygens (including phenoxy) is 1. The molecule has 1 N–H and O–H groups in total. The van der Waals surface area contributed by atoms with Crippen LogP contribution < -0.4 is 4.74 Å². The molecular weight excluding hydrogens is 408 g/mol. The second kappa shape index (κ2) is 9.24. The van der Waals surface area contributed by atoms with Crippen LogP contribution in [0.1, 0.15) is 37.0 Å². The first-order valence-corrected chi connectivity index (χ1v) is 11.1. The summed E-state index contributed by atoms with van der Waals surface area (Å²) in [6.45, 7) is 4.50. The maximum Gasteiger partial charge on any atom is 0.259 e. The van der Waals surface area contributed by atoms with Gasteiger partial charge in [0.25, 0.3) is 5.91 Å². The van der Waals surface area contributed by atoms with Crippen LogP contribution in [-0.4, -0.2) is 75.6 Å². The predicted molar refractivity (Wildman–Crippen MR) is 119 cm³/mol. The molecular formula is C24H30N4O4. The van der Waals surface area contributed by atoms with Crippen molar-refractivity contribution in [1.29, 1.82) is 0 Å². The average Bonchev–Trinajstić information content (AvgIpc) is 3.66. The number of pyridine rings is 2. The standard InChI is InChI=1S/C24H30N4O4/c1-15-12-28(16(2)14-29)24(31)20-9-19(18-5-4-8-25-10-18)11-26-22(20)32-21(15)13-27(3)23(30)17-6-7-17/h4-5,8-11,15-17,21,29H,6-7,12-14H2,1-3H3/t15-,16+,21-/m1/s1. The molecule has 0 saturated heterocycles. The van der Waals surface area contributed by atoms with Crippen molar-refractivity contribution >= 4 is 11.8 Å². The highest BCUT2D eigenvalue weighted by molar-refractivity contribution is 5.98. The maximum atomic E-state index is 13.5. The number of hydrogen-bond donors (Lipinski definition) is 1.